The molecule has 0 radical (unpaired) electrons. The van der Waals surface area contributed by atoms with Crippen molar-refractivity contribution in [2.45, 2.75) is 39.2 Å². The lowest BCUT2D eigenvalue weighted by Gasteiger charge is -2.19. The van der Waals surface area contributed by atoms with Crippen LogP contribution in [0.5, 0.6) is 0 Å². The van der Waals surface area contributed by atoms with Crippen LogP contribution in [-0.4, -0.2) is 34.9 Å². The van der Waals surface area contributed by atoms with E-state index >= 15 is 0 Å². The van der Waals surface area contributed by atoms with E-state index in [0.29, 0.717) is 35.3 Å². The number of anilines is 2. The quantitative estimate of drug-likeness (QED) is 0.194. The van der Waals surface area contributed by atoms with Crippen molar-refractivity contribution in [3.8, 4) is 11.1 Å². The number of pyridine rings is 1. The molecule has 1 heterocycles. The highest BCUT2D eigenvalue weighted by atomic mass is 16.6. The molecule has 4 N–H and O–H groups in total. The van der Waals surface area contributed by atoms with Gasteiger partial charge in [-0.1, -0.05) is 36.4 Å². The number of esters is 1. The fourth-order valence-electron chi connectivity index (χ4n) is 4.10. The standard InChI is InChI=1S/C31H32N4O4/c1-31(2,3)39-27(36)10-7-17-33-30(38)21-13-11-20(12-14-21)22-15-16-26-24(18-22)28(25(19-34-26)29(32)37)35-23-8-5-4-6-9-23/h4-6,8-9,11-16,18-19H,7,10,17H2,1-3H3,(H2,32,37)(H,33,38)(H,34,35). The van der Waals surface area contributed by atoms with Gasteiger partial charge in [-0.15, -0.1) is 0 Å². The molecule has 0 aliphatic rings. The maximum atomic E-state index is 12.6. The van der Waals surface area contributed by atoms with E-state index in [1.165, 1.54) is 6.20 Å². The Morgan fingerprint density at radius 2 is 1.62 bits per heavy atom. The Morgan fingerprint density at radius 1 is 0.923 bits per heavy atom. The number of para-hydroxylation sites is 1. The molecule has 200 valence electrons. The first-order valence-corrected chi connectivity index (χ1v) is 12.8. The highest BCUT2D eigenvalue weighted by Crippen LogP contribution is 2.32. The van der Waals surface area contributed by atoms with E-state index in [2.05, 4.69) is 15.6 Å². The Balaban J connectivity index is 1.49. The summed E-state index contributed by atoms with van der Waals surface area (Å²) in [7, 11) is 0. The molecule has 0 fully saturated rings. The molecule has 0 aliphatic carbocycles. The van der Waals surface area contributed by atoms with Crippen LogP contribution >= 0.6 is 0 Å². The van der Waals surface area contributed by atoms with Gasteiger partial charge in [0.1, 0.15) is 5.60 Å². The van der Waals surface area contributed by atoms with Crippen molar-refractivity contribution in [2.75, 3.05) is 11.9 Å². The summed E-state index contributed by atoms with van der Waals surface area (Å²) in [6.07, 6.45) is 2.22. The minimum Gasteiger partial charge on any atom is -0.460 e. The number of nitrogens with one attached hydrogen (secondary N) is 2. The number of hydrogen-bond donors (Lipinski definition) is 3. The Kier molecular flexibility index (Phi) is 8.24. The average molecular weight is 525 g/mol. The minimum absolute atomic E-state index is 0.214. The number of rotatable bonds is 9. The highest BCUT2D eigenvalue weighted by molar-refractivity contribution is 6.08. The van der Waals surface area contributed by atoms with E-state index in [-0.39, 0.29) is 18.3 Å². The van der Waals surface area contributed by atoms with Crippen molar-refractivity contribution < 1.29 is 19.1 Å². The van der Waals surface area contributed by atoms with Gasteiger partial charge in [-0.2, -0.15) is 0 Å². The highest BCUT2D eigenvalue weighted by Gasteiger charge is 2.17. The van der Waals surface area contributed by atoms with E-state index in [0.717, 1.165) is 22.2 Å². The third kappa shape index (κ3) is 7.19. The van der Waals surface area contributed by atoms with E-state index in [1.54, 1.807) is 12.1 Å². The van der Waals surface area contributed by atoms with Gasteiger partial charge in [-0.25, -0.2) is 0 Å². The molecule has 2 amide bonds. The first-order chi connectivity index (χ1) is 18.6. The lowest BCUT2D eigenvalue weighted by atomic mass is 9.99. The van der Waals surface area contributed by atoms with Crippen LogP contribution in [0, 0.1) is 0 Å². The Hall–Kier alpha value is -4.72. The van der Waals surface area contributed by atoms with Gasteiger partial charge in [0.2, 0.25) is 0 Å². The fraction of sp³-hybridized carbons (Fsp3) is 0.226. The van der Waals surface area contributed by atoms with E-state index in [4.69, 9.17) is 10.5 Å². The zero-order valence-corrected chi connectivity index (χ0v) is 22.3. The van der Waals surface area contributed by atoms with Crippen molar-refractivity contribution in [3.05, 3.63) is 90.1 Å². The lowest BCUT2D eigenvalue weighted by molar-refractivity contribution is -0.154. The molecule has 0 saturated carbocycles. The smallest absolute Gasteiger partial charge is 0.306 e. The second-order valence-corrected chi connectivity index (χ2v) is 10.2. The molecule has 8 nitrogen and oxygen atoms in total. The van der Waals surface area contributed by atoms with Crippen molar-refractivity contribution in [1.29, 1.82) is 0 Å². The number of carbonyl (C=O) groups excluding carboxylic acids is 3. The number of carbonyl (C=O) groups is 3. The van der Waals surface area contributed by atoms with Crippen LogP contribution in [0.3, 0.4) is 0 Å². The molecule has 1 aromatic heterocycles. The first kappa shape index (κ1) is 27.3. The van der Waals surface area contributed by atoms with Crippen LogP contribution in [0.25, 0.3) is 22.0 Å². The number of nitrogens with two attached hydrogens (primary N) is 1. The zero-order chi connectivity index (χ0) is 28.0. The van der Waals surface area contributed by atoms with Crippen molar-refractivity contribution in [3.63, 3.8) is 0 Å². The largest absolute Gasteiger partial charge is 0.460 e. The molecule has 8 heteroatoms. The van der Waals surface area contributed by atoms with Gasteiger partial charge in [0.05, 0.1) is 16.8 Å². The molecule has 0 aliphatic heterocycles. The Labute approximate surface area is 227 Å². The zero-order valence-electron chi connectivity index (χ0n) is 22.3. The molecule has 0 unspecified atom stereocenters. The molecule has 4 rings (SSSR count). The maximum Gasteiger partial charge on any atom is 0.306 e. The van der Waals surface area contributed by atoms with Gasteiger partial charge in [-0.3, -0.25) is 19.4 Å². The number of amides is 2. The number of benzene rings is 3. The number of primary amides is 1. The van der Waals surface area contributed by atoms with E-state index in [9.17, 15) is 14.4 Å². The molecule has 0 saturated heterocycles. The molecular weight excluding hydrogens is 492 g/mol. The van der Waals surface area contributed by atoms with Gasteiger partial charge in [0.15, 0.2) is 0 Å². The van der Waals surface area contributed by atoms with Crippen molar-refractivity contribution >= 4 is 40.1 Å². The van der Waals surface area contributed by atoms with Crippen LogP contribution in [0.4, 0.5) is 11.4 Å². The number of aromatic nitrogens is 1. The number of ether oxygens (including phenoxy) is 1. The van der Waals surface area contributed by atoms with Crippen LogP contribution in [0.1, 0.15) is 54.3 Å². The Bertz CT molecular complexity index is 1490. The van der Waals surface area contributed by atoms with Gasteiger partial charge in [0.25, 0.3) is 11.8 Å². The summed E-state index contributed by atoms with van der Waals surface area (Å²) in [4.78, 5) is 41.0. The molecule has 39 heavy (non-hydrogen) atoms. The van der Waals surface area contributed by atoms with Crippen LogP contribution < -0.4 is 16.4 Å². The third-order valence-corrected chi connectivity index (χ3v) is 5.92. The van der Waals surface area contributed by atoms with Crippen molar-refractivity contribution in [1.82, 2.24) is 10.3 Å². The second kappa shape index (κ2) is 11.8. The summed E-state index contributed by atoms with van der Waals surface area (Å²) in [5.41, 5.74) is 9.85. The van der Waals surface area contributed by atoms with Gasteiger partial charge >= 0.3 is 5.97 Å². The van der Waals surface area contributed by atoms with Crippen LogP contribution in [-0.2, 0) is 9.53 Å². The molecule has 3 aromatic carbocycles. The van der Waals surface area contributed by atoms with Crippen LogP contribution in [0.15, 0.2) is 79.0 Å². The number of hydrogen-bond acceptors (Lipinski definition) is 6. The second-order valence-electron chi connectivity index (χ2n) is 10.2. The fourth-order valence-corrected chi connectivity index (χ4v) is 4.10. The normalized spacial score (nSPS) is 11.2. The maximum absolute atomic E-state index is 12.6. The summed E-state index contributed by atoms with van der Waals surface area (Å²) >= 11 is 0. The molecule has 0 bridgehead atoms. The SMILES string of the molecule is CC(C)(C)OC(=O)CCCNC(=O)c1ccc(-c2ccc3ncc(C(N)=O)c(Nc4ccccc4)c3c2)cc1. The molecular formula is C31H32N4O4. The molecule has 0 spiro atoms. The summed E-state index contributed by atoms with van der Waals surface area (Å²) in [6, 6.07) is 22.5. The summed E-state index contributed by atoms with van der Waals surface area (Å²) < 4.78 is 5.28. The number of nitrogens with zero attached hydrogens (tertiary/aromatic N) is 1. The molecule has 4 aromatic rings. The van der Waals surface area contributed by atoms with E-state index in [1.807, 2.05) is 81.4 Å². The Morgan fingerprint density at radius 3 is 2.28 bits per heavy atom. The average Bonchev–Trinajstić information content (AvgIpc) is 2.90. The predicted molar refractivity (Wildman–Crippen MR) is 153 cm³/mol. The monoisotopic (exact) mass is 524 g/mol. The summed E-state index contributed by atoms with van der Waals surface area (Å²) in [5.74, 6) is -1.07. The summed E-state index contributed by atoms with van der Waals surface area (Å²) in [6.45, 7) is 5.84. The molecule has 0 atom stereocenters. The number of fused-ring (bicyclic) bond motifs is 1. The predicted octanol–water partition coefficient (Wildman–Crippen LogP) is 5.60. The minimum atomic E-state index is -0.574. The van der Waals surface area contributed by atoms with Gasteiger partial charge in [-0.05, 0) is 74.7 Å². The van der Waals surface area contributed by atoms with E-state index < -0.39 is 11.5 Å². The topological polar surface area (TPSA) is 123 Å². The van der Waals surface area contributed by atoms with Crippen LogP contribution in [0.2, 0.25) is 0 Å². The first-order valence-electron chi connectivity index (χ1n) is 12.8. The van der Waals surface area contributed by atoms with Gasteiger partial charge in [0, 0.05) is 35.8 Å². The summed E-state index contributed by atoms with van der Waals surface area (Å²) in [5, 5.41) is 6.91. The van der Waals surface area contributed by atoms with Crippen molar-refractivity contribution in [2.24, 2.45) is 5.73 Å². The lowest BCUT2D eigenvalue weighted by Crippen LogP contribution is -2.27. The van der Waals surface area contributed by atoms with Gasteiger partial charge < -0.3 is 21.1 Å². The third-order valence-electron chi connectivity index (χ3n) is 5.92.